The maximum atomic E-state index is 13.4. The maximum Gasteiger partial charge on any atom is 0.212 e. The van der Waals surface area contributed by atoms with Gasteiger partial charge in [-0.1, -0.05) is 187 Å². The van der Waals surface area contributed by atoms with Gasteiger partial charge in [-0.25, -0.2) is 4.98 Å². The lowest BCUT2D eigenvalue weighted by Gasteiger charge is -2.36. The number of oxime groups is 1. The zero-order valence-corrected chi connectivity index (χ0v) is 28.3. The summed E-state index contributed by atoms with van der Waals surface area (Å²) in [6.07, 6.45) is 0. The number of nitrogens with zero attached hydrogens (tertiary/aromatic N) is 2. The lowest BCUT2D eigenvalue weighted by atomic mass is 9.77. The summed E-state index contributed by atoms with van der Waals surface area (Å²) in [5.41, 5.74) is 4.44. The third kappa shape index (κ3) is 6.25. The highest BCUT2D eigenvalue weighted by atomic mass is 32.1. The van der Waals surface area contributed by atoms with Crippen LogP contribution >= 0.6 is 11.3 Å². The first-order valence-corrected chi connectivity index (χ1v) is 17.3. The van der Waals surface area contributed by atoms with Gasteiger partial charge in [0.05, 0.1) is 0 Å². The number of Topliss-reactive ketones (excluding diaryl/α,β-unsaturated/α-hetero) is 1. The fraction of sp³-hybridized carbons (Fsp3) is 0.0682. The van der Waals surface area contributed by atoms with Gasteiger partial charge in [0, 0.05) is 29.0 Å². The zero-order valence-electron chi connectivity index (χ0n) is 27.5. The van der Waals surface area contributed by atoms with Crippen molar-refractivity contribution < 1.29 is 9.63 Å². The van der Waals surface area contributed by atoms with Crippen LogP contribution in [0.1, 0.15) is 46.0 Å². The number of hydrogen-bond donors (Lipinski definition) is 1. The highest BCUT2D eigenvalue weighted by Gasteiger charge is 2.40. The second-order valence-electron chi connectivity index (χ2n) is 11.9. The van der Waals surface area contributed by atoms with Crippen LogP contribution in [0.2, 0.25) is 0 Å². The summed E-state index contributed by atoms with van der Waals surface area (Å²) in [7, 11) is 0. The van der Waals surface area contributed by atoms with Gasteiger partial charge in [0.2, 0.25) is 5.60 Å². The fourth-order valence-electron chi connectivity index (χ4n) is 6.46. The Morgan fingerprint density at radius 1 is 0.560 bits per heavy atom. The van der Waals surface area contributed by atoms with E-state index in [2.05, 4.69) is 46.9 Å². The van der Waals surface area contributed by atoms with Gasteiger partial charge in [0.1, 0.15) is 11.2 Å². The Kier molecular flexibility index (Phi) is 9.45. The predicted octanol–water partition coefficient (Wildman–Crippen LogP) is 9.85. The Hall–Kier alpha value is -6.11. The molecule has 0 amide bonds. The summed E-state index contributed by atoms with van der Waals surface area (Å²) in [5, 5.41) is 11.0. The van der Waals surface area contributed by atoms with Gasteiger partial charge in [-0.05, 0) is 16.7 Å². The molecule has 1 heterocycles. The third-order valence-corrected chi connectivity index (χ3v) is 9.57. The van der Waals surface area contributed by atoms with Crippen molar-refractivity contribution in [3.63, 3.8) is 0 Å². The minimum atomic E-state index is -1.13. The molecule has 0 fully saturated rings. The van der Waals surface area contributed by atoms with E-state index in [1.54, 1.807) is 0 Å². The molecule has 0 aliphatic carbocycles. The van der Waals surface area contributed by atoms with Crippen LogP contribution in [0.25, 0.3) is 0 Å². The molecule has 0 aliphatic rings. The molecular formula is C44H35N3O2S. The van der Waals surface area contributed by atoms with Gasteiger partial charge in [-0.15, -0.1) is 11.3 Å². The van der Waals surface area contributed by atoms with E-state index < -0.39 is 11.1 Å². The summed E-state index contributed by atoms with van der Waals surface area (Å²) < 4.78 is 0. The predicted molar refractivity (Wildman–Crippen MR) is 202 cm³/mol. The van der Waals surface area contributed by atoms with Gasteiger partial charge in [0.25, 0.3) is 0 Å². The van der Waals surface area contributed by atoms with Crippen LogP contribution in [0.5, 0.6) is 0 Å². The van der Waals surface area contributed by atoms with Crippen LogP contribution in [-0.4, -0.2) is 16.5 Å². The molecule has 0 saturated heterocycles. The Labute approximate surface area is 296 Å². The van der Waals surface area contributed by atoms with Crippen molar-refractivity contribution in [2.24, 2.45) is 5.16 Å². The number of carbonyl (C=O) groups is 1. The largest absolute Gasteiger partial charge is 0.374 e. The van der Waals surface area contributed by atoms with Gasteiger partial charge in [-0.2, -0.15) is 0 Å². The van der Waals surface area contributed by atoms with E-state index >= 15 is 0 Å². The molecule has 0 bridgehead atoms. The van der Waals surface area contributed by atoms with Crippen LogP contribution < -0.4 is 5.32 Å². The van der Waals surface area contributed by atoms with E-state index in [0.717, 1.165) is 33.4 Å². The van der Waals surface area contributed by atoms with E-state index in [1.807, 2.05) is 151 Å². The Morgan fingerprint density at radius 3 is 1.24 bits per heavy atom. The number of benzene rings is 6. The summed E-state index contributed by atoms with van der Waals surface area (Å²) in [4.78, 5) is 25.0. The van der Waals surface area contributed by atoms with E-state index in [1.165, 1.54) is 18.3 Å². The molecule has 5 nitrogen and oxygen atoms in total. The second-order valence-corrected chi connectivity index (χ2v) is 12.7. The number of carbonyl (C=O) groups excluding carboxylic acids is 1. The summed E-state index contributed by atoms with van der Waals surface area (Å²) in [6.45, 7) is 1.49. The first-order chi connectivity index (χ1) is 24.6. The lowest BCUT2D eigenvalue weighted by Crippen LogP contribution is -2.38. The summed E-state index contributed by atoms with van der Waals surface area (Å²) in [5.74, 6) is -0.259. The molecule has 0 radical (unpaired) electrons. The van der Waals surface area contributed by atoms with E-state index in [-0.39, 0.29) is 11.5 Å². The minimum Gasteiger partial charge on any atom is -0.374 e. The number of aromatic nitrogens is 1. The van der Waals surface area contributed by atoms with Crippen molar-refractivity contribution in [3.05, 3.63) is 226 Å². The Morgan fingerprint density at radius 2 is 0.900 bits per heavy atom. The molecule has 1 aromatic heterocycles. The average Bonchev–Trinajstić information content (AvgIpc) is 3.65. The number of rotatable bonds is 12. The monoisotopic (exact) mass is 669 g/mol. The van der Waals surface area contributed by atoms with E-state index in [4.69, 9.17) is 9.82 Å². The first-order valence-electron chi connectivity index (χ1n) is 16.5. The van der Waals surface area contributed by atoms with Gasteiger partial charge in [0.15, 0.2) is 16.6 Å². The van der Waals surface area contributed by atoms with Crippen molar-refractivity contribution in [2.75, 3.05) is 5.32 Å². The highest BCUT2D eigenvalue weighted by Crippen LogP contribution is 2.42. The Bertz CT molecular complexity index is 1980. The van der Waals surface area contributed by atoms with Crippen molar-refractivity contribution in [2.45, 2.75) is 18.1 Å². The number of thiazole rings is 1. The summed E-state index contributed by atoms with van der Waals surface area (Å²) in [6, 6.07) is 60.9. The lowest BCUT2D eigenvalue weighted by molar-refractivity contribution is -0.111. The smallest absolute Gasteiger partial charge is 0.212 e. The number of ketones is 1. The molecule has 0 spiro atoms. The van der Waals surface area contributed by atoms with E-state index in [0.29, 0.717) is 10.8 Å². The average molecular weight is 670 g/mol. The number of anilines is 1. The van der Waals surface area contributed by atoms with Crippen LogP contribution in [-0.2, 0) is 20.8 Å². The molecule has 0 atom stereocenters. The van der Waals surface area contributed by atoms with Crippen molar-refractivity contribution in [1.29, 1.82) is 0 Å². The molecule has 6 aromatic carbocycles. The third-order valence-electron chi connectivity index (χ3n) is 8.81. The molecule has 0 saturated carbocycles. The normalized spacial score (nSPS) is 11.9. The van der Waals surface area contributed by atoms with Gasteiger partial charge in [-0.3, -0.25) is 4.79 Å². The standard InChI is InChI=1S/C44H35N3O2S/c1-33(48)41(47-49-44(37-26-14-5-15-27-37,38-28-16-6-17-29-38)39-30-18-7-19-31-39)40-32-50-42(45-40)46-43(34-20-8-2-9-21-34,35-22-10-3-11-23-35)36-24-12-4-13-25-36/h2-32H,1H3,(H,45,46)/b47-41-. The number of hydrogen-bond acceptors (Lipinski definition) is 6. The number of nitrogens with one attached hydrogen (secondary N) is 1. The minimum absolute atomic E-state index is 0.131. The molecule has 1 N–H and O–H groups in total. The van der Waals surface area contributed by atoms with Crippen molar-refractivity contribution >= 4 is 28.0 Å². The van der Waals surface area contributed by atoms with Crippen LogP contribution in [0.4, 0.5) is 5.13 Å². The van der Waals surface area contributed by atoms with Crippen LogP contribution in [0.15, 0.2) is 193 Å². The van der Waals surface area contributed by atoms with E-state index in [9.17, 15) is 4.79 Å². The molecule has 244 valence electrons. The van der Waals surface area contributed by atoms with Gasteiger partial charge < -0.3 is 10.2 Å². The molecule has 0 unspecified atom stereocenters. The van der Waals surface area contributed by atoms with Crippen molar-refractivity contribution in [1.82, 2.24) is 4.98 Å². The molecule has 6 heteroatoms. The van der Waals surface area contributed by atoms with Crippen molar-refractivity contribution in [3.8, 4) is 0 Å². The summed E-state index contributed by atoms with van der Waals surface area (Å²) >= 11 is 1.42. The van der Waals surface area contributed by atoms with Crippen LogP contribution in [0.3, 0.4) is 0 Å². The Balaban J connectivity index is 1.34. The highest BCUT2D eigenvalue weighted by molar-refractivity contribution is 7.14. The zero-order chi connectivity index (χ0) is 34.2. The first kappa shape index (κ1) is 32.4. The molecule has 7 aromatic rings. The maximum absolute atomic E-state index is 13.4. The molecule has 0 aliphatic heterocycles. The topological polar surface area (TPSA) is 63.6 Å². The molecule has 50 heavy (non-hydrogen) atoms. The van der Waals surface area contributed by atoms with Gasteiger partial charge >= 0.3 is 0 Å². The fourth-order valence-corrected chi connectivity index (χ4v) is 7.21. The molecular weight excluding hydrogens is 635 g/mol. The van der Waals surface area contributed by atoms with Crippen LogP contribution in [0, 0.1) is 0 Å². The quantitative estimate of drug-likeness (QED) is 0.0799. The SMILES string of the molecule is CC(=O)/C(=N/OC(c1ccccc1)(c1ccccc1)c1ccccc1)c1csc(NC(c2ccccc2)(c2ccccc2)c2ccccc2)n1. The second kappa shape index (κ2) is 14.6. The molecule has 7 rings (SSSR count).